The maximum absolute atomic E-state index is 6.08. The van der Waals surface area contributed by atoms with Crippen LogP contribution in [0.1, 0.15) is 5.56 Å². The Morgan fingerprint density at radius 1 is 1.06 bits per heavy atom. The van der Waals surface area contributed by atoms with Crippen molar-refractivity contribution >= 4 is 40.7 Å². The number of nitrogens with two attached hydrogens (primary N) is 1. The molecular formula is C13H11Cl2NS. The third kappa shape index (κ3) is 3.32. The average molecular weight is 284 g/mol. The van der Waals surface area contributed by atoms with E-state index in [2.05, 4.69) is 0 Å². The van der Waals surface area contributed by atoms with Crippen molar-refractivity contribution in [2.24, 2.45) is 0 Å². The molecule has 0 aromatic heterocycles. The molecule has 1 nitrogen and oxygen atoms in total. The smallest absolute Gasteiger partial charge is 0.0541 e. The van der Waals surface area contributed by atoms with Gasteiger partial charge in [-0.25, -0.2) is 0 Å². The summed E-state index contributed by atoms with van der Waals surface area (Å²) in [5.74, 6) is 0.784. The highest BCUT2D eigenvalue weighted by Gasteiger charge is 2.03. The van der Waals surface area contributed by atoms with E-state index in [1.807, 2.05) is 36.4 Å². The quantitative estimate of drug-likeness (QED) is 0.643. The molecule has 0 aliphatic heterocycles. The lowest BCUT2D eigenvalue weighted by Gasteiger charge is -2.07. The van der Waals surface area contributed by atoms with Crippen LogP contribution in [0.5, 0.6) is 0 Å². The standard InChI is InChI=1S/C13H11Cl2NS/c14-10-6-5-9(12(16)7-10)8-17-13-4-2-1-3-11(13)15/h1-7H,8,16H2. The molecule has 88 valence electrons. The van der Waals surface area contributed by atoms with Gasteiger partial charge in [-0.3, -0.25) is 0 Å². The van der Waals surface area contributed by atoms with Gasteiger partial charge >= 0.3 is 0 Å². The summed E-state index contributed by atoms with van der Waals surface area (Å²) < 4.78 is 0. The molecule has 0 unspecified atom stereocenters. The second kappa shape index (κ2) is 5.67. The summed E-state index contributed by atoms with van der Waals surface area (Å²) in [4.78, 5) is 1.06. The molecule has 2 N–H and O–H groups in total. The summed E-state index contributed by atoms with van der Waals surface area (Å²) >= 11 is 13.6. The van der Waals surface area contributed by atoms with Crippen molar-refractivity contribution in [2.75, 3.05) is 5.73 Å². The summed E-state index contributed by atoms with van der Waals surface area (Å²) in [6.45, 7) is 0. The van der Waals surface area contributed by atoms with Crippen LogP contribution in [0.4, 0.5) is 5.69 Å². The fourth-order valence-corrected chi connectivity index (χ4v) is 2.85. The lowest BCUT2D eigenvalue weighted by atomic mass is 10.2. The maximum Gasteiger partial charge on any atom is 0.0541 e. The van der Waals surface area contributed by atoms with Crippen molar-refractivity contribution in [1.82, 2.24) is 0 Å². The Kier molecular flexibility index (Phi) is 4.21. The van der Waals surface area contributed by atoms with E-state index in [0.29, 0.717) is 5.02 Å². The summed E-state index contributed by atoms with van der Waals surface area (Å²) in [7, 11) is 0. The fourth-order valence-electron chi connectivity index (χ4n) is 1.41. The van der Waals surface area contributed by atoms with Gasteiger partial charge < -0.3 is 5.73 Å². The zero-order chi connectivity index (χ0) is 12.3. The van der Waals surface area contributed by atoms with E-state index >= 15 is 0 Å². The summed E-state index contributed by atoms with van der Waals surface area (Å²) in [5.41, 5.74) is 7.68. The first-order valence-electron chi connectivity index (χ1n) is 5.08. The third-order valence-corrected chi connectivity index (χ3v) is 4.13. The number of benzene rings is 2. The average Bonchev–Trinajstić information content (AvgIpc) is 2.30. The molecule has 0 bridgehead atoms. The van der Waals surface area contributed by atoms with E-state index < -0.39 is 0 Å². The van der Waals surface area contributed by atoms with Crippen molar-refractivity contribution in [3.05, 3.63) is 58.1 Å². The fraction of sp³-hybridized carbons (Fsp3) is 0.0769. The predicted octanol–water partition coefficient (Wildman–Crippen LogP) is 4.87. The Hall–Kier alpha value is -0.830. The van der Waals surface area contributed by atoms with Crippen molar-refractivity contribution in [3.63, 3.8) is 0 Å². The second-order valence-electron chi connectivity index (χ2n) is 3.56. The first kappa shape index (κ1) is 12.6. The number of nitrogen functional groups attached to an aromatic ring is 1. The van der Waals surface area contributed by atoms with E-state index in [0.717, 1.165) is 26.9 Å². The number of anilines is 1. The minimum atomic E-state index is 0.661. The molecule has 0 heterocycles. The van der Waals surface area contributed by atoms with Crippen LogP contribution in [0.2, 0.25) is 10.0 Å². The zero-order valence-electron chi connectivity index (χ0n) is 8.99. The SMILES string of the molecule is Nc1cc(Cl)ccc1CSc1ccccc1Cl. The Balaban J connectivity index is 2.10. The minimum Gasteiger partial charge on any atom is -0.398 e. The molecule has 0 amide bonds. The monoisotopic (exact) mass is 283 g/mol. The van der Waals surface area contributed by atoms with Crippen LogP contribution < -0.4 is 5.73 Å². The molecule has 0 fully saturated rings. The molecule has 0 saturated carbocycles. The Morgan fingerprint density at radius 3 is 2.53 bits per heavy atom. The van der Waals surface area contributed by atoms with Crippen molar-refractivity contribution < 1.29 is 0 Å². The first-order chi connectivity index (χ1) is 8.16. The predicted molar refractivity (Wildman–Crippen MR) is 76.9 cm³/mol. The largest absolute Gasteiger partial charge is 0.398 e. The molecule has 0 radical (unpaired) electrons. The summed E-state index contributed by atoms with van der Waals surface area (Å²) in [5, 5.41) is 1.43. The van der Waals surface area contributed by atoms with Gasteiger partial charge in [0, 0.05) is 21.4 Å². The number of hydrogen-bond acceptors (Lipinski definition) is 2. The Labute approximate surface area is 115 Å². The van der Waals surface area contributed by atoms with Crippen LogP contribution in [0.25, 0.3) is 0 Å². The third-order valence-electron chi connectivity index (χ3n) is 2.33. The molecule has 2 aromatic carbocycles. The van der Waals surface area contributed by atoms with Crippen molar-refractivity contribution in [3.8, 4) is 0 Å². The van der Waals surface area contributed by atoms with Crippen molar-refractivity contribution in [2.45, 2.75) is 10.6 Å². The normalized spacial score (nSPS) is 10.5. The highest BCUT2D eigenvalue weighted by molar-refractivity contribution is 7.98. The molecule has 0 aliphatic rings. The summed E-state index contributed by atoms with van der Waals surface area (Å²) in [6.07, 6.45) is 0. The van der Waals surface area contributed by atoms with E-state index in [9.17, 15) is 0 Å². The Bertz CT molecular complexity index is 529. The molecule has 0 saturated heterocycles. The number of hydrogen-bond donors (Lipinski definition) is 1. The van der Waals surface area contributed by atoms with Gasteiger partial charge in [-0.2, -0.15) is 0 Å². The molecule has 2 rings (SSSR count). The molecular weight excluding hydrogens is 273 g/mol. The van der Waals surface area contributed by atoms with Crippen LogP contribution in [0.3, 0.4) is 0 Å². The van der Waals surface area contributed by atoms with E-state index in [-0.39, 0.29) is 0 Å². The zero-order valence-corrected chi connectivity index (χ0v) is 11.3. The van der Waals surface area contributed by atoms with E-state index in [1.165, 1.54) is 0 Å². The van der Waals surface area contributed by atoms with Crippen molar-refractivity contribution in [1.29, 1.82) is 0 Å². The lowest BCUT2D eigenvalue weighted by Crippen LogP contribution is -1.92. The lowest BCUT2D eigenvalue weighted by molar-refractivity contribution is 1.38. The second-order valence-corrected chi connectivity index (χ2v) is 5.42. The molecule has 17 heavy (non-hydrogen) atoms. The van der Waals surface area contributed by atoms with Gasteiger partial charge in [0.1, 0.15) is 0 Å². The number of halogens is 2. The van der Waals surface area contributed by atoms with Gasteiger partial charge in [0.05, 0.1) is 5.02 Å². The minimum absolute atomic E-state index is 0.661. The van der Waals surface area contributed by atoms with Gasteiger partial charge in [0.2, 0.25) is 0 Å². The van der Waals surface area contributed by atoms with E-state index in [1.54, 1.807) is 17.8 Å². The Morgan fingerprint density at radius 2 is 1.82 bits per heavy atom. The van der Waals surface area contributed by atoms with Crippen LogP contribution in [-0.2, 0) is 5.75 Å². The molecule has 4 heteroatoms. The van der Waals surface area contributed by atoms with Crippen LogP contribution >= 0.6 is 35.0 Å². The maximum atomic E-state index is 6.08. The molecule has 2 aromatic rings. The van der Waals surface area contributed by atoms with Crippen LogP contribution in [0, 0.1) is 0 Å². The van der Waals surface area contributed by atoms with E-state index in [4.69, 9.17) is 28.9 Å². The van der Waals surface area contributed by atoms with Gasteiger partial charge in [0.25, 0.3) is 0 Å². The van der Waals surface area contributed by atoms with Crippen LogP contribution in [0.15, 0.2) is 47.4 Å². The van der Waals surface area contributed by atoms with Gasteiger partial charge in [-0.05, 0) is 29.8 Å². The van der Waals surface area contributed by atoms with Gasteiger partial charge in [-0.1, -0.05) is 41.4 Å². The summed E-state index contributed by atoms with van der Waals surface area (Å²) in [6, 6.07) is 13.3. The van der Waals surface area contributed by atoms with Crippen LogP contribution in [-0.4, -0.2) is 0 Å². The highest BCUT2D eigenvalue weighted by Crippen LogP contribution is 2.31. The first-order valence-corrected chi connectivity index (χ1v) is 6.82. The number of thioether (sulfide) groups is 1. The van der Waals surface area contributed by atoms with Gasteiger partial charge in [-0.15, -0.1) is 11.8 Å². The highest BCUT2D eigenvalue weighted by atomic mass is 35.5. The topological polar surface area (TPSA) is 26.0 Å². The molecule has 0 atom stereocenters. The molecule has 0 aliphatic carbocycles. The number of rotatable bonds is 3. The van der Waals surface area contributed by atoms with Gasteiger partial charge in [0.15, 0.2) is 0 Å². The molecule has 0 spiro atoms.